The Hall–Kier alpha value is -3.01. The van der Waals surface area contributed by atoms with E-state index in [0.717, 1.165) is 32.1 Å². The Bertz CT molecular complexity index is 957. The lowest BCUT2D eigenvalue weighted by molar-refractivity contribution is -0.148. The predicted octanol–water partition coefficient (Wildman–Crippen LogP) is 5.33. The Kier molecular flexibility index (Phi) is 11.0. The molecule has 0 bridgehead atoms. The summed E-state index contributed by atoms with van der Waals surface area (Å²) in [6, 6.07) is 5.44. The minimum atomic E-state index is -0.837. The van der Waals surface area contributed by atoms with Gasteiger partial charge in [0.15, 0.2) is 0 Å². The van der Waals surface area contributed by atoms with E-state index in [1.165, 1.54) is 0 Å². The summed E-state index contributed by atoms with van der Waals surface area (Å²) in [6.45, 7) is 13.3. The van der Waals surface area contributed by atoms with Crippen LogP contribution in [0.5, 0.6) is 0 Å². The molecule has 204 valence electrons. The van der Waals surface area contributed by atoms with Gasteiger partial charge in [-0.2, -0.15) is 0 Å². The molecule has 0 aliphatic heterocycles. The lowest BCUT2D eigenvalue weighted by atomic mass is 9.86. The van der Waals surface area contributed by atoms with Gasteiger partial charge in [0.25, 0.3) is 0 Å². The number of hydrogen-bond donors (Lipinski definition) is 2. The van der Waals surface area contributed by atoms with Gasteiger partial charge in [0, 0.05) is 17.6 Å². The van der Waals surface area contributed by atoms with E-state index in [-0.39, 0.29) is 29.8 Å². The molecule has 1 aliphatic carbocycles. The molecular weight excluding hydrogens is 466 g/mol. The van der Waals surface area contributed by atoms with Crippen LogP contribution in [0.4, 0.5) is 4.79 Å². The Morgan fingerprint density at radius 1 is 1.11 bits per heavy atom. The highest BCUT2D eigenvalue weighted by Gasteiger charge is 2.43. The molecule has 0 radical (unpaired) electrons. The maximum absolute atomic E-state index is 14.3. The summed E-state index contributed by atoms with van der Waals surface area (Å²) in [6.07, 6.45) is 9.95. The van der Waals surface area contributed by atoms with Crippen LogP contribution in [-0.4, -0.2) is 46.5 Å². The van der Waals surface area contributed by atoms with Gasteiger partial charge in [-0.1, -0.05) is 51.7 Å². The van der Waals surface area contributed by atoms with Crippen LogP contribution >= 0.6 is 0 Å². The first-order chi connectivity index (χ1) is 17.4. The molecule has 0 saturated heterocycles. The molecule has 7 heteroatoms. The summed E-state index contributed by atoms with van der Waals surface area (Å²) in [4.78, 5) is 42.5. The molecule has 4 atom stereocenters. The summed E-state index contributed by atoms with van der Waals surface area (Å²) in [7, 11) is 0. The zero-order valence-electron chi connectivity index (χ0n) is 23.6. The summed E-state index contributed by atoms with van der Waals surface area (Å²) >= 11 is 0. The van der Waals surface area contributed by atoms with Gasteiger partial charge in [0.2, 0.25) is 11.8 Å². The second-order valence-electron chi connectivity index (χ2n) is 11.2. The van der Waals surface area contributed by atoms with E-state index in [0.29, 0.717) is 17.5 Å². The number of carbonyl (C=O) groups is 3. The van der Waals surface area contributed by atoms with Gasteiger partial charge in [-0.05, 0) is 77.0 Å². The normalized spacial score (nSPS) is 16.8. The van der Waals surface area contributed by atoms with Crippen LogP contribution in [0.1, 0.15) is 104 Å². The zero-order valence-corrected chi connectivity index (χ0v) is 23.6. The van der Waals surface area contributed by atoms with Crippen LogP contribution in [-0.2, 0) is 14.3 Å². The molecule has 1 aromatic rings. The van der Waals surface area contributed by atoms with Crippen LogP contribution in [0.15, 0.2) is 24.3 Å². The van der Waals surface area contributed by atoms with Gasteiger partial charge < -0.3 is 20.3 Å². The van der Waals surface area contributed by atoms with E-state index in [2.05, 4.69) is 23.5 Å². The number of rotatable bonds is 11. The van der Waals surface area contributed by atoms with Gasteiger partial charge in [0.05, 0.1) is 0 Å². The third-order valence-corrected chi connectivity index (χ3v) is 6.90. The molecule has 1 fully saturated rings. The maximum Gasteiger partial charge on any atom is 0.408 e. The lowest BCUT2D eigenvalue weighted by Gasteiger charge is -2.44. The average molecular weight is 512 g/mol. The van der Waals surface area contributed by atoms with Crippen LogP contribution in [0.2, 0.25) is 0 Å². The minimum Gasteiger partial charge on any atom is -0.444 e. The number of ether oxygens (including phenoxy) is 1. The van der Waals surface area contributed by atoms with Gasteiger partial charge in [-0.3, -0.25) is 9.59 Å². The van der Waals surface area contributed by atoms with Crippen LogP contribution in [0.3, 0.4) is 0 Å². The van der Waals surface area contributed by atoms with Crippen molar-refractivity contribution in [3.8, 4) is 12.3 Å². The van der Waals surface area contributed by atoms with Crippen molar-refractivity contribution in [3.63, 3.8) is 0 Å². The molecule has 4 unspecified atom stereocenters. The predicted molar refractivity (Wildman–Crippen MR) is 147 cm³/mol. The van der Waals surface area contributed by atoms with Gasteiger partial charge in [-0.25, -0.2) is 4.79 Å². The van der Waals surface area contributed by atoms with E-state index in [4.69, 9.17) is 11.2 Å². The number of nitrogens with one attached hydrogen (secondary N) is 2. The molecular formula is C30H45N3O4. The summed E-state index contributed by atoms with van der Waals surface area (Å²) in [5, 5.41) is 5.94. The largest absolute Gasteiger partial charge is 0.444 e. The monoisotopic (exact) mass is 511 g/mol. The van der Waals surface area contributed by atoms with Crippen molar-refractivity contribution in [2.45, 2.75) is 117 Å². The zero-order chi connectivity index (χ0) is 27.8. The highest BCUT2D eigenvalue weighted by molar-refractivity contribution is 5.92. The maximum atomic E-state index is 14.3. The standard InChI is InChI=1S/C30H45N3O4/c1-9-13-21(5)31-27(34)26(23-18-16-22(11-3)17-19-23)33(24-14-12-15-24)28(35)25(20(4)10-2)32-29(36)37-30(6,7)8/h3,16-21,24-26H,9-10,12-15H2,1-2,4-8H3,(H,31,34)(H,32,36). The molecule has 0 heterocycles. The molecule has 0 aromatic heterocycles. The van der Waals surface area contributed by atoms with Crippen molar-refractivity contribution in [2.75, 3.05) is 0 Å². The molecule has 2 rings (SSSR count). The number of terminal acetylenes is 1. The Morgan fingerprint density at radius 3 is 2.19 bits per heavy atom. The molecule has 3 amide bonds. The first-order valence-corrected chi connectivity index (χ1v) is 13.6. The smallest absolute Gasteiger partial charge is 0.408 e. The fraction of sp³-hybridized carbons (Fsp3) is 0.633. The van der Waals surface area contributed by atoms with Crippen LogP contribution in [0.25, 0.3) is 0 Å². The molecule has 2 N–H and O–H groups in total. The van der Waals surface area contributed by atoms with E-state index in [1.54, 1.807) is 37.8 Å². The highest BCUT2D eigenvalue weighted by atomic mass is 16.6. The van der Waals surface area contributed by atoms with Crippen molar-refractivity contribution >= 4 is 17.9 Å². The van der Waals surface area contributed by atoms with Crippen molar-refractivity contribution < 1.29 is 19.1 Å². The van der Waals surface area contributed by atoms with Crippen LogP contribution in [0, 0.1) is 18.3 Å². The molecule has 1 saturated carbocycles. The van der Waals surface area contributed by atoms with E-state index >= 15 is 0 Å². The van der Waals surface area contributed by atoms with Gasteiger partial charge in [-0.15, -0.1) is 6.42 Å². The second kappa shape index (κ2) is 13.5. The van der Waals surface area contributed by atoms with E-state index in [1.807, 2.05) is 32.9 Å². The van der Waals surface area contributed by atoms with Crippen molar-refractivity contribution in [2.24, 2.45) is 5.92 Å². The van der Waals surface area contributed by atoms with Crippen molar-refractivity contribution in [1.29, 1.82) is 0 Å². The molecule has 7 nitrogen and oxygen atoms in total. The fourth-order valence-corrected chi connectivity index (χ4v) is 4.49. The third-order valence-electron chi connectivity index (χ3n) is 6.90. The number of alkyl carbamates (subject to hydrolysis) is 1. The molecule has 0 spiro atoms. The Labute approximate surface area is 223 Å². The lowest BCUT2D eigenvalue weighted by Crippen LogP contribution is -2.59. The van der Waals surface area contributed by atoms with Crippen LogP contribution < -0.4 is 10.6 Å². The average Bonchev–Trinajstić information content (AvgIpc) is 2.79. The summed E-state index contributed by atoms with van der Waals surface area (Å²) < 4.78 is 5.47. The quantitative estimate of drug-likeness (QED) is 0.393. The first-order valence-electron chi connectivity index (χ1n) is 13.6. The van der Waals surface area contributed by atoms with Gasteiger partial charge >= 0.3 is 6.09 Å². The third kappa shape index (κ3) is 8.52. The number of hydrogen-bond acceptors (Lipinski definition) is 4. The van der Waals surface area contributed by atoms with Gasteiger partial charge in [0.1, 0.15) is 17.7 Å². The number of amides is 3. The Morgan fingerprint density at radius 2 is 1.73 bits per heavy atom. The summed E-state index contributed by atoms with van der Waals surface area (Å²) in [5.41, 5.74) is 0.700. The highest BCUT2D eigenvalue weighted by Crippen LogP contribution is 2.34. The number of benzene rings is 1. The number of carbonyl (C=O) groups excluding carboxylic acids is 3. The molecule has 1 aromatic carbocycles. The first kappa shape index (κ1) is 30.2. The summed E-state index contributed by atoms with van der Waals surface area (Å²) in [5.74, 6) is 1.95. The van der Waals surface area contributed by atoms with E-state index < -0.39 is 23.8 Å². The number of nitrogens with zero attached hydrogens (tertiary/aromatic N) is 1. The van der Waals surface area contributed by atoms with Crippen molar-refractivity contribution in [1.82, 2.24) is 15.5 Å². The van der Waals surface area contributed by atoms with Crippen molar-refractivity contribution in [3.05, 3.63) is 35.4 Å². The molecule has 37 heavy (non-hydrogen) atoms. The Balaban J connectivity index is 2.51. The second-order valence-corrected chi connectivity index (χ2v) is 11.2. The molecule has 1 aliphatic rings. The minimum absolute atomic E-state index is 0.0337. The topological polar surface area (TPSA) is 87.7 Å². The van der Waals surface area contributed by atoms with E-state index in [9.17, 15) is 14.4 Å². The SMILES string of the molecule is C#Cc1ccc(C(C(=O)NC(C)CCC)N(C(=O)C(NC(=O)OC(C)(C)C)C(C)CC)C2CCC2)cc1. The fourth-order valence-electron chi connectivity index (χ4n) is 4.49.